The lowest BCUT2D eigenvalue weighted by atomic mass is 10.3. The van der Waals surface area contributed by atoms with Crippen LogP contribution in [0.25, 0.3) is 0 Å². The van der Waals surface area contributed by atoms with E-state index >= 15 is 0 Å². The minimum Gasteiger partial charge on any atom is -0.299 e. The number of hydrogen-bond donors (Lipinski definition) is 1. The monoisotopic (exact) mass is 381 g/mol. The minimum atomic E-state index is 1.10. The zero-order chi connectivity index (χ0) is 8.10. The molecule has 3 nitrogen and oxygen atoms in total. The van der Waals surface area contributed by atoms with Crippen LogP contribution in [0.3, 0.4) is 0 Å². The van der Waals surface area contributed by atoms with Crippen LogP contribution in [-0.4, -0.2) is 47.3 Å². The molecule has 1 saturated heterocycles. The van der Waals surface area contributed by atoms with E-state index in [4.69, 9.17) is 0 Å². The fourth-order valence-corrected chi connectivity index (χ4v) is 1.82. The van der Waals surface area contributed by atoms with Gasteiger partial charge in [0, 0.05) is 85.0 Å². The van der Waals surface area contributed by atoms with Gasteiger partial charge in [-0.3, -0.25) is 8.43 Å². The number of nitrogens with one attached hydrogen (secondary N) is 1. The van der Waals surface area contributed by atoms with E-state index in [0.29, 0.717) is 0 Å². The average molecular weight is 381 g/mol. The fraction of sp³-hybridized carbons (Fsp3) is 1.00. The van der Waals surface area contributed by atoms with Gasteiger partial charge in [0.25, 0.3) is 0 Å². The topological polar surface area (TPSA) is 18.5 Å². The molecule has 1 fully saturated rings. The van der Waals surface area contributed by atoms with Crippen molar-refractivity contribution in [2.24, 2.45) is 0 Å². The molecule has 1 rings (SSSR count). The van der Waals surface area contributed by atoms with E-state index in [2.05, 4.69) is 57.3 Å². The first-order valence-electron chi connectivity index (χ1n) is 3.79. The van der Waals surface area contributed by atoms with Crippen molar-refractivity contribution in [2.75, 3.05) is 39.3 Å². The zero-order valence-corrected chi connectivity index (χ0v) is 10.7. The first-order valence-corrected chi connectivity index (χ1v) is 5.84. The lowest BCUT2D eigenvalue weighted by molar-refractivity contribution is 0.210. The average Bonchev–Trinajstić information content (AvgIpc) is 2.04. The third kappa shape index (κ3) is 4.20. The van der Waals surface area contributed by atoms with E-state index in [0.717, 1.165) is 6.54 Å². The maximum absolute atomic E-state index is 3.14. The van der Waals surface area contributed by atoms with Crippen LogP contribution in [0, 0.1) is 0 Å². The Bertz CT molecular complexity index is 101. The summed E-state index contributed by atoms with van der Waals surface area (Å²) < 4.78 is 5.49. The Labute approximate surface area is 95.9 Å². The van der Waals surface area contributed by atoms with Gasteiger partial charge in [-0.2, -0.15) is 0 Å². The summed E-state index contributed by atoms with van der Waals surface area (Å²) in [5.74, 6) is 0. The maximum Gasteiger partial charge on any atom is 0.0209 e. The second kappa shape index (κ2) is 5.90. The van der Waals surface area contributed by atoms with Gasteiger partial charge in [0.05, 0.1) is 0 Å². The molecule has 0 aromatic rings. The van der Waals surface area contributed by atoms with E-state index in [1.54, 1.807) is 0 Å². The van der Waals surface area contributed by atoms with Gasteiger partial charge < -0.3 is 0 Å². The molecule has 0 radical (unpaired) electrons. The molecule has 1 aliphatic heterocycles. The molecular weight excluding hydrogens is 368 g/mol. The highest BCUT2D eigenvalue weighted by molar-refractivity contribution is 14.1. The quantitative estimate of drug-likeness (QED) is 0.579. The Morgan fingerprint density at radius 1 is 1.18 bits per heavy atom. The number of nitrogens with zero attached hydrogens (tertiary/aromatic N) is 2. The molecule has 0 atom stereocenters. The molecular formula is C6H13I2N3. The van der Waals surface area contributed by atoms with Gasteiger partial charge in [0.15, 0.2) is 0 Å². The van der Waals surface area contributed by atoms with Crippen LogP contribution in [0.4, 0.5) is 0 Å². The Balaban J connectivity index is 2.07. The second-order valence-electron chi connectivity index (χ2n) is 2.64. The maximum atomic E-state index is 3.14. The molecule has 0 unspecified atom stereocenters. The van der Waals surface area contributed by atoms with Gasteiger partial charge in [-0.1, -0.05) is 0 Å². The largest absolute Gasteiger partial charge is 0.299 e. The first kappa shape index (κ1) is 10.4. The molecule has 1 heterocycles. The predicted molar refractivity (Wildman–Crippen MR) is 64.1 cm³/mol. The van der Waals surface area contributed by atoms with Crippen LogP contribution in [0.5, 0.6) is 0 Å². The van der Waals surface area contributed by atoms with Crippen molar-refractivity contribution >= 4 is 45.7 Å². The van der Waals surface area contributed by atoms with Crippen molar-refractivity contribution in [1.82, 2.24) is 11.5 Å². The Kier molecular flexibility index (Phi) is 5.59. The van der Waals surface area contributed by atoms with Gasteiger partial charge in [0.1, 0.15) is 0 Å². The van der Waals surface area contributed by atoms with Crippen LogP contribution in [-0.2, 0) is 0 Å². The summed E-state index contributed by atoms with van der Waals surface area (Å²) in [7, 11) is 0. The van der Waals surface area contributed by atoms with E-state index in [9.17, 15) is 0 Å². The Morgan fingerprint density at radius 3 is 2.36 bits per heavy atom. The number of halogens is 2. The molecule has 66 valence electrons. The Hall–Kier alpha value is 1.34. The Morgan fingerprint density at radius 2 is 1.82 bits per heavy atom. The van der Waals surface area contributed by atoms with Crippen molar-refractivity contribution < 1.29 is 0 Å². The highest BCUT2D eigenvalue weighted by Crippen LogP contribution is 2.05. The van der Waals surface area contributed by atoms with Gasteiger partial charge in [-0.05, 0) is 0 Å². The fourth-order valence-electron chi connectivity index (χ4n) is 1.15. The second-order valence-corrected chi connectivity index (χ2v) is 4.76. The first-order chi connectivity index (χ1) is 5.33. The third-order valence-electron chi connectivity index (χ3n) is 1.84. The molecule has 0 aromatic carbocycles. The summed E-state index contributed by atoms with van der Waals surface area (Å²) in [4.78, 5) is 2.50. The van der Waals surface area contributed by atoms with Crippen molar-refractivity contribution in [3.63, 3.8) is 0 Å². The molecule has 5 heteroatoms. The van der Waals surface area contributed by atoms with Crippen LogP contribution in [0.1, 0.15) is 0 Å². The SMILES string of the molecule is INCCN1CCN(I)CC1. The van der Waals surface area contributed by atoms with Crippen LogP contribution >= 0.6 is 45.7 Å². The van der Waals surface area contributed by atoms with Gasteiger partial charge in [0.2, 0.25) is 0 Å². The standard InChI is InChI=1S/C6H13I2N3/c7-9-1-2-10-3-5-11(8)6-4-10/h9H,1-6H2. The highest BCUT2D eigenvalue weighted by atomic mass is 127. The molecule has 1 aliphatic rings. The highest BCUT2D eigenvalue weighted by Gasteiger charge is 2.13. The summed E-state index contributed by atoms with van der Waals surface area (Å²) in [5.41, 5.74) is 0. The lowest BCUT2D eigenvalue weighted by Crippen LogP contribution is -2.43. The van der Waals surface area contributed by atoms with Crippen LogP contribution in [0.15, 0.2) is 0 Å². The van der Waals surface area contributed by atoms with E-state index < -0.39 is 0 Å². The molecule has 0 amide bonds. The molecule has 11 heavy (non-hydrogen) atoms. The molecule has 0 aromatic heterocycles. The van der Waals surface area contributed by atoms with E-state index in [1.165, 1.54) is 32.7 Å². The van der Waals surface area contributed by atoms with Crippen LogP contribution < -0.4 is 3.53 Å². The van der Waals surface area contributed by atoms with Gasteiger partial charge in [-0.25, -0.2) is 3.11 Å². The normalized spacial score (nSPS) is 22.4. The summed E-state index contributed by atoms with van der Waals surface area (Å²) in [5, 5.41) is 0. The summed E-state index contributed by atoms with van der Waals surface area (Å²) in [6.07, 6.45) is 0. The smallest absolute Gasteiger partial charge is 0.0209 e. The lowest BCUT2D eigenvalue weighted by Gasteiger charge is -2.30. The molecule has 0 spiro atoms. The molecule has 0 saturated carbocycles. The molecule has 1 N–H and O–H groups in total. The van der Waals surface area contributed by atoms with Crippen molar-refractivity contribution in [2.45, 2.75) is 0 Å². The van der Waals surface area contributed by atoms with Crippen molar-refractivity contribution in [3.8, 4) is 0 Å². The van der Waals surface area contributed by atoms with E-state index in [-0.39, 0.29) is 0 Å². The predicted octanol–water partition coefficient (Wildman–Crippen LogP) is 0.894. The zero-order valence-electron chi connectivity index (χ0n) is 6.39. The molecule has 0 aliphatic carbocycles. The van der Waals surface area contributed by atoms with Crippen molar-refractivity contribution in [3.05, 3.63) is 0 Å². The van der Waals surface area contributed by atoms with Crippen LogP contribution in [0.2, 0.25) is 0 Å². The van der Waals surface area contributed by atoms with Crippen molar-refractivity contribution in [1.29, 1.82) is 0 Å². The van der Waals surface area contributed by atoms with Gasteiger partial charge in [-0.15, -0.1) is 0 Å². The minimum absolute atomic E-state index is 1.10. The summed E-state index contributed by atoms with van der Waals surface area (Å²) in [6, 6.07) is 0. The summed E-state index contributed by atoms with van der Waals surface area (Å²) >= 11 is 4.59. The van der Waals surface area contributed by atoms with E-state index in [1.807, 2.05) is 0 Å². The number of rotatable bonds is 3. The molecule has 0 bridgehead atoms. The third-order valence-corrected chi connectivity index (χ3v) is 3.34. The van der Waals surface area contributed by atoms with Gasteiger partial charge >= 0.3 is 0 Å². The summed E-state index contributed by atoms with van der Waals surface area (Å²) in [6.45, 7) is 7.15. The number of hydrogen-bond acceptors (Lipinski definition) is 3. The number of piperazine rings is 1.